The summed E-state index contributed by atoms with van der Waals surface area (Å²) in [6.07, 6.45) is 5.66. The molecule has 21 heavy (non-hydrogen) atoms. The van der Waals surface area contributed by atoms with Crippen LogP contribution in [0.15, 0.2) is 11.2 Å². The molecule has 0 spiro atoms. The molecule has 0 aliphatic carbocycles. The van der Waals surface area contributed by atoms with Crippen LogP contribution in [0.2, 0.25) is 0 Å². The van der Waals surface area contributed by atoms with Crippen LogP contribution in [0.4, 0.5) is 0 Å². The Morgan fingerprint density at radius 2 is 2.10 bits per heavy atom. The fraction of sp³-hybridized carbons (Fsp3) is 0.786. The third kappa shape index (κ3) is 3.84. The van der Waals surface area contributed by atoms with E-state index in [0.717, 1.165) is 37.8 Å². The normalized spacial score (nSPS) is 18.2. The van der Waals surface area contributed by atoms with Gasteiger partial charge in [-0.1, -0.05) is 20.3 Å². The zero-order valence-corrected chi connectivity index (χ0v) is 13.7. The molecule has 1 fully saturated rings. The van der Waals surface area contributed by atoms with Gasteiger partial charge in [-0.2, -0.15) is 9.40 Å². The predicted octanol–water partition coefficient (Wildman–Crippen LogP) is 1.72. The molecule has 1 saturated heterocycles. The summed E-state index contributed by atoms with van der Waals surface area (Å²) in [5.41, 5.74) is 0.723. The van der Waals surface area contributed by atoms with E-state index in [1.165, 1.54) is 0 Å². The number of sulfonamides is 1. The first-order valence-electron chi connectivity index (χ1n) is 7.82. The van der Waals surface area contributed by atoms with Crippen molar-refractivity contribution in [2.24, 2.45) is 5.92 Å². The van der Waals surface area contributed by atoms with E-state index in [1.807, 2.05) is 0 Å². The summed E-state index contributed by atoms with van der Waals surface area (Å²) in [6.45, 7) is 6.87. The number of nitrogens with zero attached hydrogens (tertiary/aromatic N) is 2. The summed E-state index contributed by atoms with van der Waals surface area (Å²) in [4.78, 5) is 0. The van der Waals surface area contributed by atoms with Crippen LogP contribution < -0.4 is 5.32 Å². The number of hydrogen-bond donors (Lipinski definition) is 2. The number of nitrogens with one attached hydrogen (secondary N) is 2. The molecule has 2 N–H and O–H groups in total. The maximum atomic E-state index is 12.7. The van der Waals surface area contributed by atoms with E-state index in [4.69, 9.17) is 0 Å². The topological polar surface area (TPSA) is 78.1 Å². The SMILES string of the molecule is CCCNCc1cn[nH]c1S(=O)(=O)N1CCC(CC)CC1. The second-order valence-corrected chi connectivity index (χ2v) is 7.53. The van der Waals surface area contributed by atoms with Gasteiger partial charge in [0.1, 0.15) is 0 Å². The molecule has 1 aromatic heterocycles. The molecule has 0 aromatic carbocycles. The number of H-pyrrole nitrogens is 1. The van der Waals surface area contributed by atoms with E-state index in [2.05, 4.69) is 29.4 Å². The quantitative estimate of drug-likeness (QED) is 0.751. The minimum Gasteiger partial charge on any atom is -0.313 e. The Kier molecular flexibility index (Phi) is 5.78. The fourth-order valence-corrected chi connectivity index (χ4v) is 4.31. The maximum absolute atomic E-state index is 12.7. The fourth-order valence-electron chi connectivity index (χ4n) is 2.74. The summed E-state index contributed by atoms with van der Waals surface area (Å²) in [7, 11) is -3.44. The standard InChI is InChI=1S/C14H26N4O2S/c1-3-7-15-10-13-11-16-17-14(13)21(19,20)18-8-5-12(4-2)6-9-18/h11-12,15H,3-10H2,1-2H3,(H,16,17). The molecule has 0 saturated carbocycles. The predicted molar refractivity (Wildman–Crippen MR) is 82.4 cm³/mol. The van der Waals surface area contributed by atoms with Gasteiger partial charge in [-0.25, -0.2) is 8.42 Å². The van der Waals surface area contributed by atoms with E-state index in [9.17, 15) is 8.42 Å². The van der Waals surface area contributed by atoms with Gasteiger partial charge in [0.05, 0.1) is 6.20 Å². The Balaban J connectivity index is 2.08. The van der Waals surface area contributed by atoms with Gasteiger partial charge in [-0.15, -0.1) is 0 Å². The summed E-state index contributed by atoms with van der Waals surface area (Å²) >= 11 is 0. The van der Waals surface area contributed by atoms with E-state index in [0.29, 0.717) is 25.6 Å². The third-order valence-corrected chi connectivity index (χ3v) is 6.08. The third-order valence-electron chi connectivity index (χ3n) is 4.17. The second kappa shape index (κ2) is 7.38. The van der Waals surface area contributed by atoms with Crippen LogP contribution >= 0.6 is 0 Å². The first kappa shape index (κ1) is 16.5. The lowest BCUT2D eigenvalue weighted by Gasteiger charge is -2.30. The summed E-state index contributed by atoms with van der Waals surface area (Å²) in [6, 6.07) is 0. The van der Waals surface area contributed by atoms with Gasteiger partial charge in [-0.05, 0) is 31.7 Å². The second-order valence-electron chi connectivity index (χ2n) is 5.66. The molecule has 1 aliphatic rings. The zero-order valence-electron chi connectivity index (χ0n) is 12.9. The highest BCUT2D eigenvalue weighted by Crippen LogP contribution is 2.25. The van der Waals surface area contributed by atoms with E-state index < -0.39 is 10.0 Å². The van der Waals surface area contributed by atoms with Crippen molar-refractivity contribution in [2.75, 3.05) is 19.6 Å². The minimum absolute atomic E-state index is 0.251. The average molecular weight is 314 g/mol. The highest BCUT2D eigenvalue weighted by atomic mass is 32.2. The summed E-state index contributed by atoms with van der Waals surface area (Å²) in [5, 5.41) is 10.1. The molecule has 7 heteroatoms. The number of aromatic nitrogens is 2. The number of hydrogen-bond acceptors (Lipinski definition) is 4. The maximum Gasteiger partial charge on any atom is 0.260 e. The summed E-state index contributed by atoms with van der Waals surface area (Å²) in [5.74, 6) is 0.656. The highest BCUT2D eigenvalue weighted by Gasteiger charge is 2.31. The highest BCUT2D eigenvalue weighted by molar-refractivity contribution is 7.89. The van der Waals surface area contributed by atoms with Crippen molar-refractivity contribution < 1.29 is 8.42 Å². The summed E-state index contributed by atoms with van der Waals surface area (Å²) < 4.78 is 27.0. The van der Waals surface area contributed by atoms with Gasteiger partial charge in [0.2, 0.25) is 0 Å². The van der Waals surface area contributed by atoms with Crippen LogP contribution in [0.1, 0.15) is 45.1 Å². The molecule has 120 valence electrons. The molecule has 0 bridgehead atoms. The largest absolute Gasteiger partial charge is 0.313 e. The molecular formula is C14H26N4O2S. The molecule has 0 radical (unpaired) electrons. The van der Waals surface area contributed by atoms with Crippen LogP contribution in [0.5, 0.6) is 0 Å². The van der Waals surface area contributed by atoms with E-state index >= 15 is 0 Å². The Morgan fingerprint density at radius 1 is 1.38 bits per heavy atom. The van der Waals surface area contributed by atoms with Crippen LogP contribution in [0, 0.1) is 5.92 Å². The monoisotopic (exact) mass is 314 g/mol. The van der Waals surface area contributed by atoms with E-state index in [1.54, 1.807) is 10.5 Å². The first-order chi connectivity index (χ1) is 10.1. The number of aromatic amines is 1. The number of piperidine rings is 1. The first-order valence-corrected chi connectivity index (χ1v) is 9.26. The smallest absolute Gasteiger partial charge is 0.260 e. The van der Waals surface area contributed by atoms with Gasteiger partial charge in [0, 0.05) is 25.2 Å². The molecule has 0 unspecified atom stereocenters. The van der Waals surface area contributed by atoms with Crippen molar-refractivity contribution in [3.05, 3.63) is 11.8 Å². The zero-order chi connectivity index (χ0) is 15.3. The lowest BCUT2D eigenvalue weighted by molar-refractivity contribution is 0.268. The van der Waals surface area contributed by atoms with Crippen molar-refractivity contribution in [1.29, 1.82) is 0 Å². The van der Waals surface area contributed by atoms with Gasteiger partial charge in [0.15, 0.2) is 5.03 Å². The Labute approximate surface area is 127 Å². The van der Waals surface area contributed by atoms with Crippen molar-refractivity contribution in [2.45, 2.75) is 51.1 Å². The molecule has 1 aromatic rings. The van der Waals surface area contributed by atoms with Crippen molar-refractivity contribution in [3.63, 3.8) is 0 Å². The Hall–Kier alpha value is -0.920. The molecular weight excluding hydrogens is 288 g/mol. The van der Waals surface area contributed by atoms with Crippen molar-refractivity contribution in [1.82, 2.24) is 19.8 Å². The van der Waals surface area contributed by atoms with Gasteiger partial charge >= 0.3 is 0 Å². The molecule has 0 atom stereocenters. The van der Waals surface area contributed by atoms with Crippen LogP contribution in [0.3, 0.4) is 0 Å². The van der Waals surface area contributed by atoms with Crippen molar-refractivity contribution >= 4 is 10.0 Å². The van der Waals surface area contributed by atoms with Crippen LogP contribution in [-0.4, -0.2) is 42.6 Å². The molecule has 2 heterocycles. The molecule has 6 nitrogen and oxygen atoms in total. The number of rotatable bonds is 7. The molecule has 2 rings (SSSR count). The molecule has 1 aliphatic heterocycles. The Morgan fingerprint density at radius 3 is 2.71 bits per heavy atom. The van der Waals surface area contributed by atoms with Crippen LogP contribution in [0.25, 0.3) is 0 Å². The van der Waals surface area contributed by atoms with Gasteiger partial charge < -0.3 is 5.32 Å². The lowest BCUT2D eigenvalue weighted by Crippen LogP contribution is -2.39. The van der Waals surface area contributed by atoms with Crippen LogP contribution in [-0.2, 0) is 16.6 Å². The van der Waals surface area contributed by atoms with Crippen molar-refractivity contribution in [3.8, 4) is 0 Å². The van der Waals surface area contributed by atoms with E-state index in [-0.39, 0.29) is 5.03 Å². The average Bonchev–Trinajstić information content (AvgIpc) is 2.97. The molecule has 0 amide bonds. The Bertz CT molecular complexity index is 533. The van der Waals surface area contributed by atoms with Gasteiger partial charge in [-0.3, -0.25) is 5.10 Å². The lowest BCUT2D eigenvalue weighted by atomic mass is 9.96. The minimum atomic E-state index is -3.44. The van der Waals surface area contributed by atoms with Gasteiger partial charge in [0.25, 0.3) is 10.0 Å².